The first-order valence-electron chi connectivity index (χ1n) is 8.88. The highest BCUT2D eigenvalue weighted by atomic mass is 35.5. The molecule has 1 atom stereocenters. The van der Waals surface area contributed by atoms with Crippen molar-refractivity contribution in [3.05, 3.63) is 62.6 Å². The number of hydrogen-bond acceptors (Lipinski definition) is 3. The summed E-state index contributed by atoms with van der Waals surface area (Å²) in [6, 6.07) is 8.37. The fraction of sp³-hybridized carbons (Fsp3) is 0.250. The van der Waals surface area contributed by atoms with Crippen LogP contribution in [0.2, 0.25) is 15.1 Å². The minimum absolute atomic E-state index is 0.114. The Morgan fingerprint density at radius 1 is 0.966 bits per heavy atom. The molecule has 0 bridgehead atoms. The van der Waals surface area contributed by atoms with Gasteiger partial charge in [0.2, 0.25) is 5.91 Å². The quantitative estimate of drug-likeness (QED) is 0.571. The highest BCUT2D eigenvalue weighted by Crippen LogP contribution is 2.25. The van der Waals surface area contributed by atoms with Gasteiger partial charge in [0.15, 0.2) is 0 Å². The third-order valence-electron chi connectivity index (χ3n) is 3.95. The van der Waals surface area contributed by atoms with Crippen molar-refractivity contribution in [1.82, 2.24) is 10.6 Å². The Morgan fingerprint density at radius 2 is 1.69 bits per heavy atom. The fourth-order valence-electron chi connectivity index (χ4n) is 2.38. The first kappa shape index (κ1) is 23.0. The van der Waals surface area contributed by atoms with Crippen LogP contribution in [-0.4, -0.2) is 30.3 Å². The highest BCUT2D eigenvalue weighted by Gasteiger charge is 2.20. The van der Waals surface area contributed by atoms with Gasteiger partial charge in [-0.1, -0.05) is 47.8 Å². The molecule has 2 aromatic carbocycles. The molecule has 154 valence electrons. The van der Waals surface area contributed by atoms with Gasteiger partial charge in [-0.3, -0.25) is 14.4 Å². The molecule has 0 radical (unpaired) electrons. The number of hydrogen-bond donors (Lipinski definition) is 3. The lowest BCUT2D eigenvalue weighted by Gasteiger charge is -2.15. The predicted molar refractivity (Wildman–Crippen MR) is 116 cm³/mol. The van der Waals surface area contributed by atoms with Gasteiger partial charge in [0, 0.05) is 12.2 Å². The Hall–Kier alpha value is -2.28. The second kappa shape index (κ2) is 10.5. The third kappa shape index (κ3) is 6.10. The van der Waals surface area contributed by atoms with Crippen molar-refractivity contribution in [2.75, 3.05) is 11.9 Å². The lowest BCUT2D eigenvalue weighted by atomic mass is 10.1. The topological polar surface area (TPSA) is 87.3 Å². The Labute approximate surface area is 183 Å². The van der Waals surface area contributed by atoms with E-state index >= 15 is 0 Å². The molecule has 29 heavy (non-hydrogen) atoms. The number of rotatable bonds is 7. The molecule has 1 unspecified atom stereocenters. The molecule has 0 saturated carbocycles. The Bertz CT molecular complexity index is 934. The molecule has 0 aromatic heterocycles. The standard InChI is InChI=1S/C20H20Cl3N3O3/c1-3-9-24-19(28)13-8-7-12(10-16(13)22)26-18(27)11(2)25-20(29)14-5-4-6-15(21)17(14)23/h4-8,10-11H,3,9H2,1-2H3,(H,24,28)(H,25,29)(H,26,27). The van der Waals surface area contributed by atoms with Crippen LogP contribution in [0, 0.1) is 0 Å². The van der Waals surface area contributed by atoms with E-state index in [9.17, 15) is 14.4 Å². The second-order valence-corrected chi connectivity index (χ2v) is 7.43. The molecule has 2 aromatic rings. The van der Waals surface area contributed by atoms with Gasteiger partial charge in [-0.05, 0) is 43.7 Å². The zero-order valence-electron chi connectivity index (χ0n) is 15.8. The van der Waals surface area contributed by atoms with E-state index in [0.717, 1.165) is 6.42 Å². The molecule has 9 heteroatoms. The fourth-order valence-corrected chi connectivity index (χ4v) is 3.03. The molecule has 3 amide bonds. The van der Waals surface area contributed by atoms with E-state index in [4.69, 9.17) is 34.8 Å². The van der Waals surface area contributed by atoms with Gasteiger partial charge in [-0.2, -0.15) is 0 Å². The van der Waals surface area contributed by atoms with Crippen LogP contribution in [0.15, 0.2) is 36.4 Å². The molecule has 0 saturated heterocycles. The van der Waals surface area contributed by atoms with E-state index in [0.29, 0.717) is 17.8 Å². The van der Waals surface area contributed by atoms with E-state index < -0.39 is 17.9 Å². The van der Waals surface area contributed by atoms with Crippen LogP contribution in [0.3, 0.4) is 0 Å². The molecule has 0 aliphatic heterocycles. The van der Waals surface area contributed by atoms with Gasteiger partial charge in [0.1, 0.15) is 6.04 Å². The van der Waals surface area contributed by atoms with Crippen LogP contribution in [0.25, 0.3) is 0 Å². The van der Waals surface area contributed by atoms with Crippen molar-refractivity contribution >= 4 is 58.2 Å². The highest BCUT2D eigenvalue weighted by molar-refractivity contribution is 6.43. The Morgan fingerprint density at radius 3 is 2.34 bits per heavy atom. The van der Waals surface area contributed by atoms with Crippen LogP contribution >= 0.6 is 34.8 Å². The minimum Gasteiger partial charge on any atom is -0.352 e. The zero-order valence-corrected chi connectivity index (χ0v) is 18.1. The normalized spacial score (nSPS) is 11.5. The van der Waals surface area contributed by atoms with Crippen LogP contribution in [0.5, 0.6) is 0 Å². The lowest BCUT2D eigenvalue weighted by Crippen LogP contribution is -2.41. The van der Waals surface area contributed by atoms with Crippen molar-refractivity contribution in [2.24, 2.45) is 0 Å². The van der Waals surface area contributed by atoms with Gasteiger partial charge >= 0.3 is 0 Å². The van der Waals surface area contributed by atoms with Gasteiger partial charge in [0.25, 0.3) is 11.8 Å². The zero-order chi connectivity index (χ0) is 21.6. The van der Waals surface area contributed by atoms with E-state index in [1.807, 2.05) is 6.92 Å². The van der Waals surface area contributed by atoms with Crippen molar-refractivity contribution in [3.8, 4) is 0 Å². The third-order valence-corrected chi connectivity index (χ3v) is 5.09. The van der Waals surface area contributed by atoms with E-state index in [-0.39, 0.29) is 26.5 Å². The molecule has 6 nitrogen and oxygen atoms in total. The number of nitrogens with one attached hydrogen (secondary N) is 3. The van der Waals surface area contributed by atoms with Crippen LogP contribution in [0.4, 0.5) is 5.69 Å². The predicted octanol–water partition coefficient (Wildman–Crippen LogP) is 4.54. The Balaban J connectivity index is 2.02. The SMILES string of the molecule is CCCNC(=O)c1ccc(NC(=O)C(C)NC(=O)c2cccc(Cl)c2Cl)cc1Cl. The average Bonchev–Trinajstić information content (AvgIpc) is 2.68. The van der Waals surface area contributed by atoms with Crippen molar-refractivity contribution in [1.29, 1.82) is 0 Å². The monoisotopic (exact) mass is 455 g/mol. The first-order valence-corrected chi connectivity index (χ1v) is 10.0. The van der Waals surface area contributed by atoms with E-state index in [1.165, 1.54) is 25.1 Å². The molecule has 0 fully saturated rings. The Kier molecular flexibility index (Phi) is 8.32. The molecule has 2 rings (SSSR count). The number of carbonyl (C=O) groups is 3. The lowest BCUT2D eigenvalue weighted by molar-refractivity contribution is -0.117. The summed E-state index contributed by atoms with van der Waals surface area (Å²) in [6.07, 6.45) is 0.807. The number of carbonyl (C=O) groups excluding carboxylic acids is 3. The summed E-state index contributed by atoms with van der Waals surface area (Å²) < 4.78 is 0. The molecule has 0 heterocycles. The number of benzene rings is 2. The smallest absolute Gasteiger partial charge is 0.253 e. The maximum absolute atomic E-state index is 12.4. The summed E-state index contributed by atoms with van der Waals surface area (Å²) in [7, 11) is 0. The molecule has 0 aliphatic carbocycles. The maximum Gasteiger partial charge on any atom is 0.253 e. The number of anilines is 1. The second-order valence-electron chi connectivity index (χ2n) is 6.24. The van der Waals surface area contributed by atoms with Crippen molar-refractivity contribution in [2.45, 2.75) is 26.3 Å². The minimum atomic E-state index is -0.858. The summed E-state index contributed by atoms with van der Waals surface area (Å²) in [5, 5.41) is 8.51. The molecule has 3 N–H and O–H groups in total. The van der Waals surface area contributed by atoms with Crippen LogP contribution in [-0.2, 0) is 4.79 Å². The van der Waals surface area contributed by atoms with Gasteiger partial charge < -0.3 is 16.0 Å². The molecule has 0 aliphatic rings. The van der Waals surface area contributed by atoms with E-state index in [2.05, 4.69) is 16.0 Å². The van der Waals surface area contributed by atoms with Gasteiger partial charge in [-0.15, -0.1) is 0 Å². The van der Waals surface area contributed by atoms with Gasteiger partial charge in [-0.25, -0.2) is 0 Å². The summed E-state index contributed by atoms with van der Waals surface area (Å²) in [5.74, 6) is -1.27. The van der Waals surface area contributed by atoms with Crippen molar-refractivity contribution < 1.29 is 14.4 Å². The van der Waals surface area contributed by atoms with Gasteiger partial charge in [0.05, 0.1) is 26.2 Å². The van der Waals surface area contributed by atoms with E-state index in [1.54, 1.807) is 18.2 Å². The number of halogens is 3. The first-order chi connectivity index (χ1) is 13.7. The summed E-state index contributed by atoms with van der Waals surface area (Å²) in [6.45, 7) is 4.02. The van der Waals surface area contributed by atoms with Crippen LogP contribution in [0.1, 0.15) is 41.0 Å². The summed E-state index contributed by atoms with van der Waals surface area (Å²) in [5.41, 5.74) is 0.883. The van der Waals surface area contributed by atoms with Crippen LogP contribution < -0.4 is 16.0 Å². The summed E-state index contributed by atoms with van der Waals surface area (Å²) in [4.78, 5) is 36.8. The molecule has 0 spiro atoms. The molecular formula is C20H20Cl3N3O3. The average molecular weight is 457 g/mol. The molecular weight excluding hydrogens is 437 g/mol. The number of amides is 3. The maximum atomic E-state index is 12.4. The largest absolute Gasteiger partial charge is 0.352 e. The van der Waals surface area contributed by atoms with Crippen molar-refractivity contribution in [3.63, 3.8) is 0 Å². The summed E-state index contributed by atoms with van der Waals surface area (Å²) >= 11 is 18.1.